The summed E-state index contributed by atoms with van der Waals surface area (Å²) in [5.74, 6) is -1.16. The minimum absolute atomic E-state index is 0.178. The molecule has 7 heteroatoms. The van der Waals surface area contributed by atoms with Crippen molar-refractivity contribution < 1.29 is 9.90 Å². The van der Waals surface area contributed by atoms with Crippen molar-refractivity contribution in [2.75, 3.05) is 5.75 Å². The molecule has 0 aliphatic carbocycles. The van der Waals surface area contributed by atoms with Gasteiger partial charge in [-0.15, -0.1) is 0 Å². The van der Waals surface area contributed by atoms with Crippen LogP contribution in [0.25, 0.3) is 5.69 Å². The predicted molar refractivity (Wildman–Crippen MR) is 77.5 cm³/mol. The zero-order valence-electron chi connectivity index (χ0n) is 10.9. The van der Waals surface area contributed by atoms with E-state index in [0.717, 1.165) is 23.0 Å². The Labute approximate surface area is 124 Å². The number of aliphatic carboxylic acids is 1. The van der Waals surface area contributed by atoms with E-state index in [0.29, 0.717) is 11.6 Å². The van der Waals surface area contributed by atoms with Gasteiger partial charge in [-0.25, -0.2) is 0 Å². The van der Waals surface area contributed by atoms with Gasteiger partial charge in [0.1, 0.15) is 0 Å². The van der Waals surface area contributed by atoms with Crippen LogP contribution in [0.1, 0.15) is 5.56 Å². The van der Waals surface area contributed by atoms with Crippen molar-refractivity contribution in [2.45, 2.75) is 11.6 Å². The van der Waals surface area contributed by atoms with Gasteiger partial charge in [0.15, 0.2) is 5.16 Å². The van der Waals surface area contributed by atoms with Crippen LogP contribution in [0.3, 0.4) is 0 Å². The van der Waals surface area contributed by atoms with Crippen LogP contribution < -0.4 is 5.56 Å². The van der Waals surface area contributed by atoms with Crippen LogP contribution in [-0.4, -0.2) is 26.4 Å². The third kappa shape index (κ3) is 3.94. The Kier molecular flexibility index (Phi) is 4.74. The summed E-state index contributed by atoms with van der Waals surface area (Å²) in [5.41, 5.74) is 1.22. The Hall–Kier alpha value is -2.59. The quantitative estimate of drug-likeness (QED) is 0.663. The molecular weight excluding hydrogens is 290 g/mol. The SMILES string of the molecule is N#CCc1ccc(-n2ccc(=O)nc2SCC(=O)O)cc1. The molecule has 0 radical (unpaired) electrons. The lowest BCUT2D eigenvalue weighted by Crippen LogP contribution is -2.13. The van der Waals surface area contributed by atoms with Gasteiger partial charge in [-0.3, -0.25) is 14.2 Å². The van der Waals surface area contributed by atoms with E-state index in [1.165, 1.54) is 6.07 Å². The lowest BCUT2D eigenvalue weighted by atomic mass is 10.1. The number of thioether (sulfide) groups is 1. The molecule has 0 aliphatic rings. The first-order chi connectivity index (χ1) is 10.1. The average molecular weight is 301 g/mol. The number of nitriles is 1. The van der Waals surface area contributed by atoms with Gasteiger partial charge in [0.25, 0.3) is 5.56 Å². The maximum Gasteiger partial charge on any atom is 0.313 e. The van der Waals surface area contributed by atoms with Crippen LogP contribution in [0.4, 0.5) is 0 Å². The maximum absolute atomic E-state index is 11.3. The summed E-state index contributed by atoms with van der Waals surface area (Å²) in [6.07, 6.45) is 1.88. The Morgan fingerprint density at radius 1 is 1.33 bits per heavy atom. The highest BCUT2D eigenvalue weighted by atomic mass is 32.2. The van der Waals surface area contributed by atoms with Crippen molar-refractivity contribution in [1.29, 1.82) is 5.26 Å². The Morgan fingerprint density at radius 3 is 2.67 bits per heavy atom. The van der Waals surface area contributed by atoms with Crippen LogP contribution in [0.5, 0.6) is 0 Å². The zero-order valence-corrected chi connectivity index (χ0v) is 11.7. The summed E-state index contributed by atoms with van der Waals surface area (Å²) in [7, 11) is 0. The number of nitrogens with zero attached hydrogens (tertiary/aromatic N) is 3. The van der Waals surface area contributed by atoms with Crippen LogP contribution in [0.2, 0.25) is 0 Å². The summed E-state index contributed by atoms with van der Waals surface area (Å²) in [6.45, 7) is 0. The first-order valence-electron chi connectivity index (χ1n) is 6.00. The van der Waals surface area contributed by atoms with Crippen LogP contribution in [0.15, 0.2) is 46.5 Å². The van der Waals surface area contributed by atoms with Crippen molar-refractivity contribution in [1.82, 2.24) is 9.55 Å². The van der Waals surface area contributed by atoms with Crippen LogP contribution >= 0.6 is 11.8 Å². The molecule has 1 N–H and O–H groups in total. The molecule has 0 aliphatic heterocycles. The fourth-order valence-corrected chi connectivity index (χ4v) is 2.39. The van der Waals surface area contributed by atoms with Crippen molar-refractivity contribution in [2.24, 2.45) is 0 Å². The summed E-state index contributed by atoms with van der Waals surface area (Å²) < 4.78 is 1.64. The summed E-state index contributed by atoms with van der Waals surface area (Å²) in [5, 5.41) is 17.7. The van der Waals surface area contributed by atoms with E-state index in [9.17, 15) is 9.59 Å². The number of benzene rings is 1. The molecule has 0 unspecified atom stereocenters. The molecule has 0 spiro atoms. The molecule has 0 atom stereocenters. The second kappa shape index (κ2) is 6.72. The molecule has 0 amide bonds. The Balaban J connectivity index is 2.36. The topological polar surface area (TPSA) is 96.0 Å². The molecule has 0 bridgehead atoms. The third-order valence-electron chi connectivity index (χ3n) is 2.60. The van der Waals surface area contributed by atoms with E-state index in [1.807, 2.05) is 12.1 Å². The maximum atomic E-state index is 11.3. The number of carbonyl (C=O) groups is 1. The molecule has 6 nitrogen and oxygen atoms in total. The second-order valence-corrected chi connectivity index (χ2v) is 5.04. The monoisotopic (exact) mass is 301 g/mol. The van der Waals surface area contributed by atoms with Gasteiger partial charge in [-0.05, 0) is 17.7 Å². The van der Waals surface area contributed by atoms with Crippen molar-refractivity contribution in [3.05, 3.63) is 52.4 Å². The van der Waals surface area contributed by atoms with Gasteiger partial charge in [-0.1, -0.05) is 23.9 Å². The largest absolute Gasteiger partial charge is 0.481 e. The van der Waals surface area contributed by atoms with Crippen molar-refractivity contribution >= 4 is 17.7 Å². The second-order valence-electron chi connectivity index (χ2n) is 4.10. The number of carboxylic acids is 1. The van der Waals surface area contributed by atoms with E-state index in [2.05, 4.69) is 11.1 Å². The summed E-state index contributed by atoms with van der Waals surface area (Å²) in [4.78, 5) is 25.8. The normalized spacial score (nSPS) is 10.0. The lowest BCUT2D eigenvalue weighted by Gasteiger charge is -2.11. The van der Waals surface area contributed by atoms with Gasteiger partial charge in [0.2, 0.25) is 0 Å². The average Bonchev–Trinajstić information content (AvgIpc) is 2.46. The van der Waals surface area contributed by atoms with Crippen LogP contribution in [0, 0.1) is 11.3 Å². The minimum Gasteiger partial charge on any atom is -0.481 e. The van der Waals surface area contributed by atoms with Gasteiger partial charge in [0.05, 0.1) is 18.2 Å². The molecule has 2 aromatic rings. The minimum atomic E-state index is -0.978. The fourth-order valence-electron chi connectivity index (χ4n) is 1.68. The van der Waals surface area contributed by atoms with Gasteiger partial charge >= 0.3 is 5.97 Å². The molecule has 1 aromatic heterocycles. The zero-order chi connectivity index (χ0) is 15.2. The first-order valence-corrected chi connectivity index (χ1v) is 6.99. The van der Waals surface area contributed by atoms with Crippen molar-refractivity contribution in [3.8, 4) is 11.8 Å². The van der Waals surface area contributed by atoms with Crippen LogP contribution in [-0.2, 0) is 11.2 Å². The predicted octanol–water partition coefficient (Wildman–Crippen LogP) is 1.48. The number of hydrogen-bond donors (Lipinski definition) is 1. The van der Waals surface area contributed by atoms with E-state index in [4.69, 9.17) is 10.4 Å². The highest BCUT2D eigenvalue weighted by Gasteiger charge is 2.08. The number of hydrogen-bond acceptors (Lipinski definition) is 5. The molecule has 21 heavy (non-hydrogen) atoms. The summed E-state index contributed by atoms with van der Waals surface area (Å²) in [6, 6.07) is 10.6. The molecule has 2 rings (SSSR count). The highest BCUT2D eigenvalue weighted by Crippen LogP contribution is 2.19. The van der Waals surface area contributed by atoms with E-state index in [-0.39, 0.29) is 5.75 Å². The Morgan fingerprint density at radius 2 is 2.05 bits per heavy atom. The number of carboxylic acid groups (broad SMARTS) is 1. The fraction of sp³-hybridized carbons (Fsp3) is 0.143. The molecule has 0 saturated carbocycles. The molecule has 0 fully saturated rings. The molecule has 1 aromatic carbocycles. The van der Waals surface area contributed by atoms with E-state index < -0.39 is 11.5 Å². The third-order valence-corrected chi connectivity index (χ3v) is 3.54. The van der Waals surface area contributed by atoms with E-state index >= 15 is 0 Å². The number of aromatic nitrogens is 2. The van der Waals surface area contributed by atoms with Gasteiger partial charge in [-0.2, -0.15) is 10.2 Å². The lowest BCUT2D eigenvalue weighted by molar-refractivity contribution is -0.133. The molecule has 1 heterocycles. The standard InChI is InChI=1S/C14H11N3O3S/c15-7-5-10-1-3-11(4-2-10)17-8-6-12(18)16-14(17)21-9-13(19)20/h1-4,6,8H,5,9H2,(H,19,20). The van der Waals surface area contributed by atoms with Crippen molar-refractivity contribution in [3.63, 3.8) is 0 Å². The summed E-state index contributed by atoms with van der Waals surface area (Å²) >= 11 is 0.979. The first kappa shape index (κ1) is 14.8. The molecule has 0 saturated heterocycles. The Bertz CT molecular complexity index is 747. The molecule has 106 valence electrons. The molecular formula is C14H11N3O3S. The smallest absolute Gasteiger partial charge is 0.313 e. The van der Waals surface area contributed by atoms with E-state index in [1.54, 1.807) is 22.9 Å². The van der Waals surface area contributed by atoms with Gasteiger partial charge in [0, 0.05) is 18.0 Å². The van der Waals surface area contributed by atoms with Gasteiger partial charge < -0.3 is 5.11 Å². The number of rotatable bonds is 5. The highest BCUT2D eigenvalue weighted by molar-refractivity contribution is 7.99.